The predicted octanol–water partition coefficient (Wildman–Crippen LogP) is 2.67. The van der Waals surface area contributed by atoms with Crippen LogP contribution < -0.4 is 4.72 Å². The van der Waals surface area contributed by atoms with Crippen molar-refractivity contribution in [2.75, 3.05) is 32.8 Å². The van der Waals surface area contributed by atoms with Gasteiger partial charge in [-0.05, 0) is 42.3 Å². The Labute approximate surface area is 219 Å². The normalized spacial score (nSPS) is 19.7. The topological polar surface area (TPSA) is 150 Å². The number of carboxylic acids is 2. The van der Waals surface area contributed by atoms with Crippen molar-refractivity contribution in [1.82, 2.24) is 9.62 Å². The second-order valence-corrected chi connectivity index (χ2v) is 10.6. The van der Waals surface area contributed by atoms with Gasteiger partial charge in [0.15, 0.2) is 0 Å². The molecule has 0 radical (unpaired) electrons. The van der Waals surface area contributed by atoms with Crippen molar-refractivity contribution in [2.45, 2.75) is 17.6 Å². The minimum Gasteiger partial charge on any atom is -0.478 e. The molecule has 0 aliphatic carbocycles. The molecule has 2 atom stereocenters. The van der Waals surface area contributed by atoms with Crippen LogP contribution in [0.1, 0.15) is 39.1 Å². The first kappa shape index (κ1) is 28.3. The van der Waals surface area contributed by atoms with E-state index in [1.807, 2.05) is 12.1 Å². The van der Waals surface area contributed by atoms with Crippen LogP contribution in [0.2, 0.25) is 5.02 Å². The summed E-state index contributed by atoms with van der Waals surface area (Å²) in [4.78, 5) is 33.7. The Balaban J connectivity index is 0.000000414. The molecular formula is C25H27ClN2O8S. The van der Waals surface area contributed by atoms with E-state index >= 15 is 0 Å². The monoisotopic (exact) mass is 550 g/mol. The number of sulfonamides is 1. The maximum absolute atomic E-state index is 13.1. The number of carboxylic acid groups (broad SMARTS) is 2. The van der Waals surface area contributed by atoms with Crippen molar-refractivity contribution in [1.29, 1.82) is 0 Å². The molecule has 4 rings (SSSR count). The first-order valence-electron chi connectivity index (χ1n) is 11.4. The highest BCUT2D eigenvalue weighted by Gasteiger charge is 2.42. The molecule has 0 bridgehead atoms. The fraction of sp³-hybridized carbons (Fsp3) is 0.320. The van der Waals surface area contributed by atoms with Crippen molar-refractivity contribution in [2.24, 2.45) is 0 Å². The highest BCUT2D eigenvalue weighted by molar-refractivity contribution is 7.90. The minimum absolute atomic E-state index is 0.318. The summed E-state index contributed by atoms with van der Waals surface area (Å²) >= 11 is 6.06. The molecule has 0 spiro atoms. The number of morpholine rings is 1. The van der Waals surface area contributed by atoms with Gasteiger partial charge in [0.2, 0.25) is 10.0 Å². The summed E-state index contributed by atoms with van der Waals surface area (Å²) in [5.74, 6) is -3.40. The number of carbonyl (C=O) groups is 3. The minimum atomic E-state index is -3.87. The third kappa shape index (κ3) is 7.86. The highest BCUT2D eigenvalue weighted by Crippen LogP contribution is 2.43. The zero-order valence-corrected chi connectivity index (χ0v) is 21.3. The maximum Gasteiger partial charge on any atom is 0.328 e. The molecule has 12 heteroatoms. The molecule has 1 saturated heterocycles. The molecule has 0 saturated carbocycles. The molecule has 2 aliphatic heterocycles. The smallest absolute Gasteiger partial charge is 0.328 e. The molecule has 1 fully saturated rings. The van der Waals surface area contributed by atoms with Crippen LogP contribution in [-0.4, -0.2) is 74.2 Å². The number of ether oxygens (including phenoxy) is 1. The summed E-state index contributed by atoms with van der Waals surface area (Å²) in [6.45, 7) is 3.79. The molecular weight excluding hydrogens is 524 g/mol. The van der Waals surface area contributed by atoms with Gasteiger partial charge in [-0.25, -0.2) is 22.7 Å². The molecule has 0 aromatic heterocycles. The molecule has 198 valence electrons. The van der Waals surface area contributed by atoms with Crippen LogP contribution in [0.15, 0.2) is 60.7 Å². The first-order valence-corrected chi connectivity index (χ1v) is 13.4. The quantitative estimate of drug-likeness (QED) is 0.442. The van der Waals surface area contributed by atoms with Crippen LogP contribution in [0.3, 0.4) is 0 Å². The number of hydrogen-bond donors (Lipinski definition) is 3. The van der Waals surface area contributed by atoms with Crippen molar-refractivity contribution in [3.8, 4) is 0 Å². The summed E-state index contributed by atoms with van der Waals surface area (Å²) in [6.07, 6.45) is 1.75. The number of amides is 1. The van der Waals surface area contributed by atoms with Gasteiger partial charge < -0.3 is 14.9 Å². The number of nitrogens with one attached hydrogen (secondary N) is 1. The number of aliphatic carboxylic acids is 2. The lowest BCUT2D eigenvalue weighted by molar-refractivity contribution is -0.134. The van der Waals surface area contributed by atoms with Crippen molar-refractivity contribution in [3.05, 3.63) is 82.4 Å². The van der Waals surface area contributed by atoms with Gasteiger partial charge in [0.25, 0.3) is 5.91 Å². The van der Waals surface area contributed by atoms with Gasteiger partial charge in [-0.1, -0.05) is 41.9 Å². The van der Waals surface area contributed by atoms with Crippen LogP contribution in [0.4, 0.5) is 0 Å². The molecule has 2 aromatic carbocycles. The Morgan fingerprint density at radius 3 is 2.24 bits per heavy atom. The van der Waals surface area contributed by atoms with E-state index in [1.54, 1.807) is 36.4 Å². The zero-order valence-electron chi connectivity index (χ0n) is 19.7. The van der Waals surface area contributed by atoms with E-state index in [2.05, 4.69) is 9.62 Å². The van der Waals surface area contributed by atoms with E-state index in [9.17, 15) is 22.8 Å². The SMILES string of the molecule is O=C(O)/C=C/C(=O)O.O=C1NS(=O)(=O)C(C(CCN2CCOCC2)c2ccc(Cl)cc2)c2ccccc21. The van der Waals surface area contributed by atoms with Crippen molar-refractivity contribution >= 4 is 39.5 Å². The lowest BCUT2D eigenvalue weighted by atomic mass is 9.86. The van der Waals surface area contributed by atoms with Crippen LogP contribution in [0, 0.1) is 0 Å². The van der Waals surface area contributed by atoms with Gasteiger partial charge in [0.05, 0.1) is 13.2 Å². The predicted molar refractivity (Wildman–Crippen MR) is 136 cm³/mol. The molecule has 2 heterocycles. The molecule has 1 amide bonds. The van der Waals surface area contributed by atoms with Gasteiger partial charge in [-0.2, -0.15) is 0 Å². The van der Waals surface area contributed by atoms with Crippen LogP contribution in [0.5, 0.6) is 0 Å². The highest BCUT2D eigenvalue weighted by atomic mass is 35.5. The van der Waals surface area contributed by atoms with Gasteiger partial charge in [-0.3, -0.25) is 9.69 Å². The van der Waals surface area contributed by atoms with E-state index in [0.29, 0.717) is 47.9 Å². The van der Waals surface area contributed by atoms with Gasteiger partial charge >= 0.3 is 11.9 Å². The molecule has 3 N–H and O–H groups in total. The fourth-order valence-corrected chi connectivity index (χ4v) is 6.18. The van der Waals surface area contributed by atoms with Gasteiger partial charge in [-0.15, -0.1) is 0 Å². The van der Waals surface area contributed by atoms with E-state index < -0.39 is 33.1 Å². The number of benzene rings is 2. The summed E-state index contributed by atoms with van der Waals surface area (Å²) in [5, 5.41) is 15.4. The van der Waals surface area contributed by atoms with Gasteiger partial charge in [0, 0.05) is 41.7 Å². The Morgan fingerprint density at radius 2 is 1.65 bits per heavy atom. The van der Waals surface area contributed by atoms with Gasteiger partial charge in [0.1, 0.15) is 5.25 Å². The summed E-state index contributed by atoms with van der Waals surface area (Å²) in [7, 11) is -3.87. The number of fused-ring (bicyclic) bond motifs is 1. The Bertz CT molecular complexity index is 1240. The largest absolute Gasteiger partial charge is 0.478 e. The zero-order chi connectivity index (χ0) is 27.0. The Morgan fingerprint density at radius 1 is 1.05 bits per heavy atom. The average Bonchev–Trinajstić information content (AvgIpc) is 2.86. The summed E-state index contributed by atoms with van der Waals surface area (Å²) in [6, 6.07) is 14.2. The second kappa shape index (κ2) is 12.8. The molecule has 10 nitrogen and oxygen atoms in total. The van der Waals surface area contributed by atoms with Crippen molar-refractivity contribution in [3.63, 3.8) is 0 Å². The fourth-order valence-electron chi connectivity index (χ4n) is 4.29. The van der Waals surface area contributed by atoms with E-state index in [0.717, 1.165) is 25.2 Å². The van der Waals surface area contributed by atoms with E-state index in [1.165, 1.54) is 0 Å². The molecule has 2 aliphatic rings. The Kier molecular flexibility index (Phi) is 9.81. The number of nitrogens with zero attached hydrogens (tertiary/aromatic N) is 1. The lowest BCUT2D eigenvalue weighted by Crippen LogP contribution is -2.43. The van der Waals surface area contributed by atoms with Crippen LogP contribution in [0.25, 0.3) is 0 Å². The number of carbonyl (C=O) groups excluding carboxylic acids is 1. The number of halogens is 1. The Hall–Kier alpha value is -3.25. The number of hydrogen-bond acceptors (Lipinski definition) is 7. The molecule has 2 unspecified atom stereocenters. The van der Waals surface area contributed by atoms with E-state index in [4.69, 9.17) is 26.6 Å². The second-order valence-electron chi connectivity index (χ2n) is 8.39. The van der Waals surface area contributed by atoms with Crippen LogP contribution in [-0.2, 0) is 24.3 Å². The number of rotatable bonds is 7. The molecule has 2 aromatic rings. The molecule has 37 heavy (non-hydrogen) atoms. The third-order valence-corrected chi connectivity index (χ3v) is 7.95. The first-order chi connectivity index (χ1) is 17.6. The summed E-state index contributed by atoms with van der Waals surface area (Å²) in [5.41, 5.74) is 1.86. The average molecular weight is 551 g/mol. The summed E-state index contributed by atoms with van der Waals surface area (Å²) < 4.78 is 33.8. The van der Waals surface area contributed by atoms with Crippen LogP contribution >= 0.6 is 11.6 Å². The van der Waals surface area contributed by atoms with E-state index in [-0.39, 0.29) is 5.92 Å². The maximum atomic E-state index is 13.1. The third-order valence-electron chi connectivity index (χ3n) is 5.97. The van der Waals surface area contributed by atoms with Crippen molar-refractivity contribution < 1.29 is 37.8 Å². The lowest BCUT2D eigenvalue weighted by Gasteiger charge is -2.34. The standard InChI is InChI=1S/C21H23ClN2O4S.C4H4O4/c22-16-7-5-15(6-8-16)17(9-10-24-11-13-28-14-12-24)20-18-3-1-2-4-19(18)21(25)23-29(20,26)27;5-3(6)1-2-4(7)8/h1-8,17,20H,9-14H2,(H,23,25);1-2H,(H,5,6)(H,7,8)/b;2-1+.